The third-order valence-corrected chi connectivity index (χ3v) is 7.64. The maximum absolute atomic E-state index is 14.0. The molecule has 0 bridgehead atoms. The summed E-state index contributed by atoms with van der Waals surface area (Å²) in [6, 6.07) is 12.1. The number of hydrogen-bond donors (Lipinski definition) is 3. The average molecular weight is 461 g/mol. The Morgan fingerprint density at radius 2 is 1.97 bits per heavy atom. The van der Waals surface area contributed by atoms with E-state index in [1.807, 2.05) is 24.3 Å². The largest absolute Gasteiger partial charge is 0.384 e. The number of nitrogens with one attached hydrogen (secondary N) is 2. The maximum Gasteiger partial charge on any atom is 0.256 e. The van der Waals surface area contributed by atoms with Crippen LogP contribution in [0.1, 0.15) is 31.4 Å². The zero-order valence-corrected chi connectivity index (χ0v) is 18.5. The number of aromatic nitrogens is 3. The van der Waals surface area contributed by atoms with Gasteiger partial charge in [0.25, 0.3) is 5.56 Å². The van der Waals surface area contributed by atoms with Crippen LogP contribution in [0.5, 0.6) is 0 Å². The molecule has 1 aliphatic rings. The molecule has 1 saturated carbocycles. The number of aromatic amines is 1. The number of aliphatic hydroxyl groups is 1. The van der Waals surface area contributed by atoms with Gasteiger partial charge in [0, 0.05) is 34.6 Å². The summed E-state index contributed by atoms with van der Waals surface area (Å²) >= 11 is 1.50. The lowest BCUT2D eigenvalue weighted by molar-refractivity contribution is -0.00725. The van der Waals surface area contributed by atoms with Gasteiger partial charge in [-0.05, 0) is 62.1 Å². The summed E-state index contributed by atoms with van der Waals surface area (Å²) in [7, 11) is 0. The molecule has 3 heterocycles. The van der Waals surface area contributed by atoms with Gasteiger partial charge >= 0.3 is 0 Å². The molecule has 3 aromatic heterocycles. The van der Waals surface area contributed by atoms with Crippen LogP contribution < -0.4 is 10.9 Å². The molecule has 0 amide bonds. The molecule has 166 valence electrons. The number of pyridine rings is 2. The fourth-order valence-corrected chi connectivity index (χ4v) is 6.01. The first-order valence-corrected chi connectivity index (χ1v) is 11.8. The number of anilines is 1. The number of rotatable bonds is 3. The van der Waals surface area contributed by atoms with Crippen molar-refractivity contribution >= 4 is 48.2 Å². The number of thiazole rings is 1. The van der Waals surface area contributed by atoms with Crippen LogP contribution in [0.3, 0.4) is 0 Å². The Labute approximate surface area is 192 Å². The minimum Gasteiger partial charge on any atom is -0.384 e. The highest BCUT2D eigenvalue weighted by Gasteiger charge is 2.36. The fraction of sp³-hybridized carbons (Fsp3) is 0.240. The molecule has 2 aromatic carbocycles. The summed E-state index contributed by atoms with van der Waals surface area (Å²) in [4.78, 5) is 24.5. The van der Waals surface area contributed by atoms with Gasteiger partial charge in [-0.15, -0.1) is 0 Å². The molecular formula is C25H21FN4O2S. The Morgan fingerprint density at radius 3 is 2.76 bits per heavy atom. The van der Waals surface area contributed by atoms with Crippen molar-refractivity contribution in [1.82, 2.24) is 15.0 Å². The number of benzene rings is 2. The smallest absolute Gasteiger partial charge is 0.256 e. The third-order valence-electron chi connectivity index (χ3n) is 6.62. The van der Waals surface area contributed by atoms with Crippen molar-refractivity contribution in [2.45, 2.75) is 37.3 Å². The molecule has 0 spiro atoms. The van der Waals surface area contributed by atoms with Gasteiger partial charge in [0.2, 0.25) is 0 Å². The predicted octanol–water partition coefficient (Wildman–Crippen LogP) is 5.07. The Morgan fingerprint density at radius 1 is 1.12 bits per heavy atom. The second-order valence-corrected chi connectivity index (χ2v) is 9.65. The highest BCUT2D eigenvalue weighted by Crippen LogP contribution is 2.40. The lowest BCUT2D eigenvalue weighted by Crippen LogP contribution is -2.36. The minimum absolute atomic E-state index is 0.174. The van der Waals surface area contributed by atoms with Gasteiger partial charge in [0.1, 0.15) is 11.4 Å². The van der Waals surface area contributed by atoms with E-state index < -0.39 is 5.60 Å². The van der Waals surface area contributed by atoms with Gasteiger partial charge in [0.05, 0.1) is 21.3 Å². The predicted molar refractivity (Wildman–Crippen MR) is 129 cm³/mol. The van der Waals surface area contributed by atoms with Crippen LogP contribution in [0.25, 0.3) is 31.8 Å². The van der Waals surface area contributed by atoms with Gasteiger partial charge in [-0.3, -0.25) is 9.78 Å². The molecule has 6 rings (SSSR count). The highest BCUT2D eigenvalue weighted by molar-refractivity contribution is 7.23. The monoisotopic (exact) mass is 460 g/mol. The summed E-state index contributed by atoms with van der Waals surface area (Å²) < 4.78 is 14.9. The molecule has 5 aromatic rings. The van der Waals surface area contributed by atoms with E-state index in [9.17, 15) is 14.3 Å². The van der Waals surface area contributed by atoms with Crippen molar-refractivity contribution in [1.29, 1.82) is 0 Å². The Hall–Kier alpha value is -3.36. The Bertz CT molecular complexity index is 1560. The van der Waals surface area contributed by atoms with E-state index in [2.05, 4.69) is 15.3 Å². The van der Waals surface area contributed by atoms with Crippen LogP contribution in [0, 0.1) is 5.82 Å². The van der Waals surface area contributed by atoms with Gasteiger partial charge in [-0.1, -0.05) is 17.4 Å². The van der Waals surface area contributed by atoms with Gasteiger partial charge in [-0.2, -0.15) is 0 Å². The second-order valence-electron chi connectivity index (χ2n) is 8.65. The van der Waals surface area contributed by atoms with Crippen molar-refractivity contribution in [3.8, 4) is 0 Å². The Balaban J connectivity index is 1.36. The van der Waals surface area contributed by atoms with E-state index in [-0.39, 0.29) is 17.4 Å². The molecule has 0 atom stereocenters. The summed E-state index contributed by atoms with van der Waals surface area (Å²) in [5.41, 5.74) is 0.342. The van der Waals surface area contributed by atoms with Crippen LogP contribution >= 0.6 is 11.3 Å². The fourth-order valence-electron chi connectivity index (χ4n) is 4.92. The number of nitrogens with zero attached hydrogens (tertiary/aromatic N) is 2. The normalized spacial score (nSPS) is 21.1. The number of hydrogen-bond acceptors (Lipinski definition) is 6. The molecule has 0 aliphatic heterocycles. The van der Waals surface area contributed by atoms with E-state index >= 15 is 0 Å². The quantitative estimate of drug-likeness (QED) is 0.327. The van der Waals surface area contributed by atoms with Crippen molar-refractivity contribution in [3.63, 3.8) is 0 Å². The molecule has 0 radical (unpaired) electrons. The van der Waals surface area contributed by atoms with E-state index in [0.717, 1.165) is 44.7 Å². The van der Waals surface area contributed by atoms with Crippen LogP contribution in [0.15, 0.2) is 59.7 Å². The number of halogens is 1. The topological polar surface area (TPSA) is 90.9 Å². The summed E-state index contributed by atoms with van der Waals surface area (Å²) in [6.07, 6.45) is 6.14. The molecule has 33 heavy (non-hydrogen) atoms. The van der Waals surface area contributed by atoms with Crippen molar-refractivity contribution in [3.05, 3.63) is 76.7 Å². The van der Waals surface area contributed by atoms with Crippen molar-refractivity contribution < 1.29 is 9.50 Å². The first-order valence-electron chi connectivity index (χ1n) is 11.0. The first-order chi connectivity index (χ1) is 16.0. The summed E-state index contributed by atoms with van der Waals surface area (Å²) in [5.74, 6) is -0.387. The molecule has 0 saturated heterocycles. The zero-order valence-electron chi connectivity index (χ0n) is 17.6. The van der Waals surface area contributed by atoms with E-state index in [1.54, 1.807) is 18.5 Å². The molecule has 8 heteroatoms. The lowest BCUT2D eigenvalue weighted by Gasteiger charge is -2.35. The maximum atomic E-state index is 14.0. The highest BCUT2D eigenvalue weighted by atomic mass is 32.1. The molecule has 0 unspecified atom stereocenters. The third kappa shape index (κ3) is 3.37. The van der Waals surface area contributed by atoms with E-state index in [1.165, 1.54) is 23.5 Å². The minimum atomic E-state index is -0.898. The lowest BCUT2D eigenvalue weighted by atomic mass is 9.80. The standard InChI is InChI=1S/C25H21FN4O2S/c26-14-4-5-16-18(13-14)20-17(8-12-28-23(20)31)22-21(16)30-24(33-22)29-15-6-9-25(32,10-7-15)19-3-1-2-11-27-19/h1-5,8,11-13,15,32H,6-7,9-10H2,(H,28,31)(H,29,30)/t15-,25+. The molecule has 1 fully saturated rings. The van der Waals surface area contributed by atoms with Gasteiger partial charge in [-0.25, -0.2) is 9.37 Å². The molecule has 1 aliphatic carbocycles. The van der Waals surface area contributed by atoms with Crippen LogP contribution in [0.2, 0.25) is 0 Å². The second kappa shape index (κ2) is 7.60. The van der Waals surface area contributed by atoms with Crippen molar-refractivity contribution in [2.75, 3.05) is 5.32 Å². The van der Waals surface area contributed by atoms with Crippen molar-refractivity contribution in [2.24, 2.45) is 0 Å². The van der Waals surface area contributed by atoms with Crippen LogP contribution in [-0.2, 0) is 5.60 Å². The SMILES string of the molecule is O=c1[nH]ccc2c3sc(N[C@H]4CC[C@](O)(c5ccccn5)CC4)nc3c3ccc(F)cc3c12. The average Bonchev–Trinajstić information content (AvgIpc) is 3.25. The summed E-state index contributed by atoms with van der Waals surface area (Å²) in [6.45, 7) is 0. The van der Waals surface area contributed by atoms with Gasteiger partial charge in [0.15, 0.2) is 5.13 Å². The van der Waals surface area contributed by atoms with Crippen LogP contribution in [-0.4, -0.2) is 26.1 Å². The molecule has 6 nitrogen and oxygen atoms in total. The molecule has 3 N–H and O–H groups in total. The number of fused-ring (bicyclic) bond motifs is 6. The van der Waals surface area contributed by atoms with E-state index in [0.29, 0.717) is 23.6 Å². The summed E-state index contributed by atoms with van der Waals surface area (Å²) in [5, 5.41) is 17.9. The zero-order chi connectivity index (χ0) is 22.6. The molecular weight excluding hydrogens is 439 g/mol. The van der Waals surface area contributed by atoms with Gasteiger partial charge < -0.3 is 15.4 Å². The van der Waals surface area contributed by atoms with Crippen LogP contribution in [0.4, 0.5) is 9.52 Å². The first kappa shape index (κ1) is 20.3. The Kier molecular flexibility index (Phi) is 4.67. The number of H-pyrrole nitrogens is 1. The van der Waals surface area contributed by atoms with E-state index in [4.69, 9.17) is 4.98 Å².